The van der Waals surface area contributed by atoms with Gasteiger partial charge in [0.25, 0.3) is 0 Å². The maximum absolute atomic E-state index is 10.7. The summed E-state index contributed by atoms with van der Waals surface area (Å²) in [7, 11) is 0. The van der Waals surface area contributed by atoms with E-state index >= 15 is 0 Å². The summed E-state index contributed by atoms with van der Waals surface area (Å²) in [5.74, 6) is -0.127. The van der Waals surface area contributed by atoms with Crippen LogP contribution >= 0.6 is 0 Å². The number of cyclic esters (lactones) is 1. The van der Waals surface area contributed by atoms with E-state index in [2.05, 4.69) is 4.99 Å². The average molecular weight is 177 g/mol. The molecule has 1 aliphatic rings. The highest BCUT2D eigenvalue weighted by Gasteiger charge is 2.19. The van der Waals surface area contributed by atoms with Gasteiger partial charge in [-0.1, -0.05) is 12.1 Å². The summed E-state index contributed by atoms with van der Waals surface area (Å²) in [5.41, 5.74) is 0.452. The summed E-state index contributed by atoms with van der Waals surface area (Å²) in [5, 5.41) is 9.39. The largest absolute Gasteiger partial charge is 0.507 e. The Morgan fingerprint density at radius 2 is 2.15 bits per heavy atom. The third-order valence-corrected chi connectivity index (χ3v) is 1.70. The Hall–Kier alpha value is -1.84. The number of nitrogens with zero attached hydrogens (tertiary/aromatic N) is 1. The normalized spacial score (nSPS) is 15.4. The van der Waals surface area contributed by atoms with Gasteiger partial charge in [0, 0.05) is 0 Å². The van der Waals surface area contributed by atoms with Gasteiger partial charge in [-0.15, -0.1) is 0 Å². The summed E-state index contributed by atoms with van der Waals surface area (Å²) in [4.78, 5) is 14.6. The lowest BCUT2D eigenvalue weighted by atomic mass is 10.2. The van der Waals surface area contributed by atoms with E-state index in [9.17, 15) is 9.90 Å². The van der Waals surface area contributed by atoms with Crippen molar-refractivity contribution in [3.05, 3.63) is 29.8 Å². The highest BCUT2D eigenvalue weighted by atomic mass is 16.6. The van der Waals surface area contributed by atoms with Crippen LogP contribution in [0.3, 0.4) is 0 Å². The number of para-hydroxylation sites is 1. The first-order chi connectivity index (χ1) is 6.27. The molecular weight excluding hydrogens is 170 g/mol. The third-order valence-electron chi connectivity index (χ3n) is 1.70. The number of aromatic hydroxyl groups is 1. The molecule has 1 heterocycles. The first kappa shape index (κ1) is 7.79. The number of aliphatic imine (C=N–C) groups is 1. The molecule has 13 heavy (non-hydrogen) atoms. The monoisotopic (exact) mass is 177 g/mol. The van der Waals surface area contributed by atoms with E-state index in [0.29, 0.717) is 5.56 Å². The Bertz CT molecular complexity index is 384. The fourth-order valence-corrected chi connectivity index (χ4v) is 1.10. The van der Waals surface area contributed by atoms with Gasteiger partial charge in [-0.05, 0) is 12.1 Å². The standard InChI is InChI=1S/C9H7NO3/c11-7-4-2-1-3-6(7)9-10-5-8(12)13-9/h1-4,11H,5H2. The molecule has 4 nitrogen and oxygen atoms in total. The van der Waals surface area contributed by atoms with Gasteiger partial charge in [-0.2, -0.15) is 0 Å². The number of carbonyl (C=O) groups excluding carboxylic acids is 1. The number of phenolic OH excluding ortho intramolecular Hbond substituents is 1. The highest BCUT2D eigenvalue weighted by Crippen LogP contribution is 2.19. The van der Waals surface area contributed by atoms with Crippen LogP contribution in [-0.2, 0) is 9.53 Å². The zero-order chi connectivity index (χ0) is 9.26. The van der Waals surface area contributed by atoms with E-state index in [4.69, 9.17) is 4.74 Å². The number of hydrogen-bond acceptors (Lipinski definition) is 4. The molecule has 0 atom stereocenters. The summed E-state index contributed by atoms with van der Waals surface area (Å²) >= 11 is 0. The molecule has 0 spiro atoms. The van der Waals surface area contributed by atoms with Gasteiger partial charge in [-0.25, -0.2) is 9.79 Å². The Kier molecular flexibility index (Phi) is 1.73. The summed E-state index contributed by atoms with van der Waals surface area (Å²) < 4.78 is 4.78. The van der Waals surface area contributed by atoms with Crippen LogP contribution < -0.4 is 0 Å². The minimum absolute atomic E-state index is 0.0314. The fourth-order valence-electron chi connectivity index (χ4n) is 1.10. The molecule has 0 saturated carbocycles. The maximum atomic E-state index is 10.7. The number of phenols is 1. The smallest absolute Gasteiger partial charge is 0.334 e. The number of carbonyl (C=O) groups is 1. The van der Waals surface area contributed by atoms with Gasteiger partial charge in [0.05, 0.1) is 5.56 Å². The molecule has 0 fully saturated rings. The van der Waals surface area contributed by atoms with Gasteiger partial charge < -0.3 is 9.84 Å². The lowest BCUT2D eigenvalue weighted by Gasteiger charge is -2.01. The van der Waals surface area contributed by atoms with Crippen LogP contribution in [0.4, 0.5) is 0 Å². The summed E-state index contributed by atoms with van der Waals surface area (Å²) in [6.45, 7) is 0.0314. The minimum Gasteiger partial charge on any atom is -0.507 e. The molecule has 0 radical (unpaired) electrons. The second-order valence-corrected chi connectivity index (χ2v) is 2.61. The molecule has 1 aromatic rings. The van der Waals surface area contributed by atoms with E-state index in [-0.39, 0.29) is 18.2 Å². The van der Waals surface area contributed by atoms with Gasteiger partial charge in [0.2, 0.25) is 5.90 Å². The van der Waals surface area contributed by atoms with Crippen LogP contribution in [0.15, 0.2) is 29.3 Å². The lowest BCUT2D eigenvalue weighted by molar-refractivity contribution is -0.132. The predicted octanol–water partition coefficient (Wildman–Crippen LogP) is 0.696. The Morgan fingerprint density at radius 1 is 1.38 bits per heavy atom. The van der Waals surface area contributed by atoms with E-state index in [1.165, 1.54) is 6.07 Å². The zero-order valence-corrected chi connectivity index (χ0v) is 6.73. The lowest BCUT2D eigenvalue weighted by Crippen LogP contribution is -2.05. The zero-order valence-electron chi connectivity index (χ0n) is 6.73. The van der Waals surface area contributed by atoms with Crippen molar-refractivity contribution in [2.45, 2.75) is 0 Å². The second kappa shape index (κ2) is 2.90. The van der Waals surface area contributed by atoms with Gasteiger partial charge in [0.1, 0.15) is 12.3 Å². The second-order valence-electron chi connectivity index (χ2n) is 2.61. The Morgan fingerprint density at radius 3 is 2.77 bits per heavy atom. The van der Waals surface area contributed by atoms with Crippen molar-refractivity contribution in [1.82, 2.24) is 0 Å². The summed E-state index contributed by atoms with van der Waals surface area (Å²) in [6.07, 6.45) is 0. The van der Waals surface area contributed by atoms with Crippen molar-refractivity contribution in [2.75, 3.05) is 6.54 Å². The van der Waals surface area contributed by atoms with Crippen LogP contribution in [0.2, 0.25) is 0 Å². The first-order valence-electron chi connectivity index (χ1n) is 3.81. The Labute approximate surface area is 74.5 Å². The van der Waals surface area contributed by atoms with E-state index < -0.39 is 5.97 Å². The average Bonchev–Trinajstić information content (AvgIpc) is 2.53. The quantitative estimate of drug-likeness (QED) is 0.642. The molecule has 0 unspecified atom stereocenters. The molecular formula is C9H7NO3. The molecule has 1 aliphatic heterocycles. The number of benzene rings is 1. The molecule has 0 aliphatic carbocycles. The maximum Gasteiger partial charge on any atom is 0.334 e. The molecule has 66 valence electrons. The minimum atomic E-state index is -0.391. The van der Waals surface area contributed by atoms with Crippen LogP contribution in [0.25, 0.3) is 0 Å². The molecule has 0 aromatic heterocycles. The molecule has 0 bridgehead atoms. The molecule has 2 rings (SSSR count). The van der Waals surface area contributed by atoms with E-state index in [0.717, 1.165) is 0 Å². The van der Waals surface area contributed by atoms with Crippen molar-refractivity contribution in [1.29, 1.82) is 0 Å². The predicted molar refractivity (Wildman–Crippen MR) is 45.6 cm³/mol. The van der Waals surface area contributed by atoms with Gasteiger partial charge in [0.15, 0.2) is 0 Å². The highest BCUT2D eigenvalue weighted by molar-refractivity contribution is 6.06. The van der Waals surface area contributed by atoms with Crippen LogP contribution in [0.1, 0.15) is 5.56 Å². The van der Waals surface area contributed by atoms with Crippen molar-refractivity contribution >= 4 is 11.9 Å². The van der Waals surface area contributed by atoms with Crippen molar-refractivity contribution in [2.24, 2.45) is 4.99 Å². The molecule has 1 aromatic carbocycles. The molecule has 1 N–H and O–H groups in total. The van der Waals surface area contributed by atoms with Crippen LogP contribution in [0, 0.1) is 0 Å². The number of esters is 1. The number of ether oxygens (including phenoxy) is 1. The number of rotatable bonds is 1. The van der Waals surface area contributed by atoms with Crippen molar-refractivity contribution in [3.8, 4) is 5.75 Å². The summed E-state index contributed by atoms with van der Waals surface area (Å²) in [6, 6.07) is 6.59. The van der Waals surface area contributed by atoms with Crippen molar-refractivity contribution in [3.63, 3.8) is 0 Å². The molecule has 0 saturated heterocycles. The fraction of sp³-hybridized carbons (Fsp3) is 0.111. The topological polar surface area (TPSA) is 58.9 Å². The van der Waals surface area contributed by atoms with E-state index in [1.54, 1.807) is 18.2 Å². The third kappa shape index (κ3) is 1.38. The van der Waals surface area contributed by atoms with E-state index in [1.807, 2.05) is 0 Å². The Balaban J connectivity index is 2.37. The van der Waals surface area contributed by atoms with Gasteiger partial charge in [-0.3, -0.25) is 0 Å². The SMILES string of the molecule is O=C1CN=C(c2ccccc2O)O1. The van der Waals surface area contributed by atoms with Crippen LogP contribution in [-0.4, -0.2) is 23.5 Å². The number of hydrogen-bond donors (Lipinski definition) is 1. The molecule has 4 heteroatoms. The van der Waals surface area contributed by atoms with Gasteiger partial charge >= 0.3 is 5.97 Å². The van der Waals surface area contributed by atoms with Crippen LogP contribution in [0.5, 0.6) is 5.75 Å². The first-order valence-corrected chi connectivity index (χ1v) is 3.81. The van der Waals surface area contributed by atoms with Crippen molar-refractivity contribution < 1.29 is 14.6 Å². The molecule has 0 amide bonds.